The van der Waals surface area contributed by atoms with Gasteiger partial charge in [0.05, 0.1) is 9.82 Å². The number of hydrogen-bond donors (Lipinski definition) is 0. The summed E-state index contributed by atoms with van der Waals surface area (Å²) in [7, 11) is 1.13. The predicted octanol–water partition coefficient (Wildman–Crippen LogP) is 2.07. The molecule has 0 atom stereocenters. The zero-order valence-electron chi connectivity index (χ0n) is 11.2. The second kappa shape index (κ2) is 5.61. The third-order valence-electron chi connectivity index (χ3n) is 3.43. The minimum atomic E-state index is -4.17. The van der Waals surface area contributed by atoms with E-state index < -0.39 is 30.5 Å². The molecule has 0 aromatic heterocycles. The molecule has 114 valence electrons. The van der Waals surface area contributed by atoms with Gasteiger partial charge in [-0.1, -0.05) is 0 Å². The van der Waals surface area contributed by atoms with E-state index in [1.807, 2.05) is 0 Å². The molecule has 7 nitrogen and oxygen atoms in total. The summed E-state index contributed by atoms with van der Waals surface area (Å²) in [6.45, 7) is 2.41. The molecule has 9 heteroatoms. The summed E-state index contributed by atoms with van der Waals surface area (Å²) in [5.74, 6) is -0.419. The fraction of sp³-hybridized carbons (Fsp3) is 0.417. The third kappa shape index (κ3) is 3.16. The average Bonchev–Trinajstić information content (AvgIpc) is 2.90. The summed E-state index contributed by atoms with van der Waals surface area (Å²) < 4.78 is 23.1. The number of benzene rings is 1. The fourth-order valence-corrected chi connectivity index (χ4v) is 3.56. The molecule has 1 aromatic carbocycles. The number of rotatable bonds is 3. The first-order valence-electron chi connectivity index (χ1n) is 6.25. The van der Waals surface area contributed by atoms with Gasteiger partial charge in [0.15, 0.2) is 0 Å². The highest BCUT2D eigenvalue weighted by molar-refractivity contribution is 8.13. The molecular formula is C12H13ClN2O5S. The maximum absolute atomic E-state index is 12.3. The van der Waals surface area contributed by atoms with Crippen molar-refractivity contribution in [1.82, 2.24) is 4.90 Å². The number of hydrogen-bond acceptors (Lipinski definition) is 5. The largest absolute Gasteiger partial charge is 0.339 e. The first kappa shape index (κ1) is 15.7. The number of carbonyl (C=O) groups is 1. The SMILES string of the molecule is Cc1c([N+](=O)[O-])cc(C(=O)N2CCCC2)cc1S(=O)(=O)Cl. The van der Waals surface area contributed by atoms with E-state index in [1.165, 1.54) is 6.92 Å². The molecule has 0 spiro atoms. The Morgan fingerprint density at radius 3 is 2.38 bits per heavy atom. The lowest BCUT2D eigenvalue weighted by atomic mass is 10.1. The number of nitrogens with zero attached hydrogens (tertiary/aromatic N) is 2. The van der Waals surface area contributed by atoms with Crippen LogP contribution in [0.2, 0.25) is 0 Å². The van der Waals surface area contributed by atoms with Gasteiger partial charge in [0.25, 0.3) is 20.6 Å². The maximum atomic E-state index is 12.3. The van der Waals surface area contributed by atoms with Crippen molar-refractivity contribution in [3.05, 3.63) is 33.4 Å². The molecule has 1 fully saturated rings. The number of halogens is 1. The first-order chi connectivity index (χ1) is 9.71. The van der Waals surface area contributed by atoms with E-state index in [0.29, 0.717) is 13.1 Å². The van der Waals surface area contributed by atoms with E-state index in [-0.39, 0.29) is 11.1 Å². The van der Waals surface area contributed by atoms with Crippen molar-refractivity contribution in [2.24, 2.45) is 0 Å². The van der Waals surface area contributed by atoms with Crippen molar-refractivity contribution in [3.63, 3.8) is 0 Å². The van der Waals surface area contributed by atoms with Crippen LogP contribution in [-0.2, 0) is 9.05 Å². The Hall–Kier alpha value is -1.67. The zero-order valence-corrected chi connectivity index (χ0v) is 12.8. The van der Waals surface area contributed by atoms with Crippen molar-refractivity contribution in [2.45, 2.75) is 24.7 Å². The summed E-state index contributed by atoms with van der Waals surface area (Å²) in [5.41, 5.74) is -0.541. The van der Waals surface area contributed by atoms with E-state index in [2.05, 4.69) is 0 Å². The minimum absolute atomic E-state index is 0.0339. The number of carbonyl (C=O) groups excluding carboxylic acids is 1. The standard InChI is InChI=1S/C12H13ClN2O5S/c1-8-10(15(17)18)6-9(7-11(8)21(13,19)20)12(16)14-4-2-3-5-14/h6-7H,2-5H2,1H3. The summed E-state index contributed by atoms with van der Waals surface area (Å²) in [6.07, 6.45) is 1.72. The van der Waals surface area contributed by atoms with Crippen molar-refractivity contribution in [2.75, 3.05) is 13.1 Å². The summed E-state index contributed by atoms with van der Waals surface area (Å²) in [6, 6.07) is 2.20. The molecule has 0 radical (unpaired) electrons. The molecule has 2 rings (SSSR count). The molecule has 1 aliphatic heterocycles. The van der Waals surface area contributed by atoms with Gasteiger partial charge in [-0.3, -0.25) is 14.9 Å². The molecule has 0 saturated carbocycles. The van der Waals surface area contributed by atoms with Gasteiger partial charge in [-0.2, -0.15) is 0 Å². The van der Waals surface area contributed by atoms with Crippen LogP contribution in [0.1, 0.15) is 28.8 Å². The van der Waals surface area contributed by atoms with Gasteiger partial charge in [0.1, 0.15) is 0 Å². The molecule has 1 aliphatic rings. The van der Waals surface area contributed by atoms with Gasteiger partial charge in [0.2, 0.25) is 0 Å². The van der Waals surface area contributed by atoms with Gasteiger partial charge >= 0.3 is 0 Å². The van der Waals surface area contributed by atoms with Crippen LogP contribution in [0, 0.1) is 17.0 Å². The zero-order chi connectivity index (χ0) is 15.8. The Bertz CT molecular complexity index is 711. The molecule has 1 heterocycles. The van der Waals surface area contributed by atoms with Crippen LogP contribution >= 0.6 is 10.7 Å². The molecule has 1 amide bonds. The van der Waals surface area contributed by atoms with E-state index in [0.717, 1.165) is 25.0 Å². The summed E-state index contributed by atoms with van der Waals surface area (Å²) in [4.78, 5) is 23.7. The highest BCUT2D eigenvalue weighted by atomic mass is 35.7. The molecule has 0 unspecified atom stereocenters. The number of nitro benzene ring substituents is 1. The van der Waals surface area contributed by atoms with Gasteiger partial charge in [-0.05, 0) is 25.8 Å². The fourth-order valence-electron chi connectivity index (χ4n) is 2.34. The van der Waals surface area contributed by atoms with Crippen molar-refractivity contribution < 1.29 is 18.1 Å². The highest BCUT2D eigenvalue weighted by Gasteiger charge is 2.27. The molecule has 21 heavy (non-hydrogen) atoms. The van der Waals surface area contributed by atoms with Crippen molar-refractivity contribution >= 4 is 31.3 Å². The van der Waals surface area contributed by atoms with Crippen LogP contribution in [0.5, 0.6) is 0 Å². The van der Waals surface area contributed by atoms with Crippen LogP contribution in [0.4, 0.5) is 5.69 Å². The number of nitro groups is 1. The van der Waals surface area contributed by atoms with Gasteiger partial charge in [0, 0.05) is 41.0 Å². The Labute approximate surface area is 126 Å². The Balaban J connectivity index is 2.59. The van der Waals surface area contributed by atoms with Gasteiger partial charge in [-0.25, -0.2) is 8.42 Å². The number of amides is 1. The maximum Gasteiger partial charge on any atom is 0.274 e. The molecule has 0 N–H and O–H groups in total. The molecular weight excluding hydrogens is 320 g/mol. The van der Waals surface area contributed by atoms with Crippen LogP contribution in [0.3, 0.4) is 0 Å². The van der Waals surface area contributed by atoms with Crippen molar-refractivity contribution in [3.8, 4) is 0 Å². The van der Waals surface area contributed by atoms with E-state index in [9.17, 15) is 23.3 Å². The smallest absolute Gasteiger partial charge is 0.274 e. The lowest BCUT2D eigenvalue weighted by Gasteiger charge is -2.16. The van der Waals surface area contributed by atoms with Crippen LogP contribution in [0.25, 0.3) is 0 Å². The van der Waals surface area contributed by atoms with Gasteiger partial charge in [-0.15, -0.1) is 0 Å². The second-order valence-electron chi connectivity index (χ2n) is 4.81. The van der Waals surface area contributed by atoms with Crippen LogP contribution < -0.4 is 0 Å². The average molecular weight is 333 g/mol. The molecule has 1 saturated heterocycles. The van der Waals surface area contributed by atoms with Gasteiger partial charge < -0.3 is 4.90 Å². The van der Waals surface area contributed by atoms with Crippen molar-refractivity contribution in [1.29, 1.82) is 0 Å². The molecule has 0 bridgehead atoms. The van der Waals surface area contributed by atoms with Crippen LogP contribution in [-0.4, -0.2) is 37.2 Å². The highest BCUT2D eigenvalue weighted by Crippen LogP contribution is 2.30. The minimum Gasteiger partial charge on any atom is -0.339 e. The molecule has 1 aromatic rings. The monoisotopic (exact) mass is 332 g/mol. The first-order valence-corrected chi connectivity index (χ1v) is 8.55. The molecule has 0 aliphatic carbocycles. The Kier molecular flexibility index (Phi) is 4.20. The lowest BCUT2D eigenvalue weighted by Crippen LogP contribution is -2.27. The van der Waals surface area contributed by atoms with Crippen LogP contribution in [0.15, 0.2) is 17.0 Å². The second-order valence-corrected chi connectivity index (χ2v) is 7.35. The Morgan fingerprint density at radius 1 is 1.33 bits per heavy atom. The predicted molar refractivity (Wildman–Crippen MR) is 76.0 cm³/mol. The normalized spacial score (nSPS) is 15.2. The summed E-state index contributed by atoms with van der Waals surface area (Å²) in [5, 5.41) is 11.0. The summed E-state index contributed by atoms with van der Waals surface area (Å²) >= 11 is 0. The van der Waals surface area contributed by atoms with E-state index >= 15 is 0 Å². The lowest BCUT2D eigenvalue weighted by molar-refractivity contribution is -0.385. The topological polar surface area (TPSA) is 97.6 Å². The quantitative estimate of drug-likeness (QED) is 0.479. The van der Waals surface area contributed by atoms with E-state index in [1.54, 1.807) is 4.90 Å². The number of likely N-dealkylation sites (tertiary alicyclic amines) is 1. The van der Waals surface area contributed by atoms with E-state index in [4.69, 9.17) is 10.7 Å². The Morgan fingerprint density at radius 2 is 1.90 bits per heavy atom. The third-order valence-corrected chi connectivity index (χ3v) is 4.88.